The highest BCUT2D eigenvalue weighted by Gasteiger charge is 2.48. The Bertz CT molecular complexity index is 330. The molecule has 0 bridgehead atoms. The fraction of sp³-hybridized carbons (Fsp3) is 0.929. The molecule has 110 valence electrons. The summed E-state index contributed by atoms with van der Waals surface area (Å²) < 4.78 is 17.0. The van der Waals surface area contributed by atoms with Crippen LogP contribution in [0.25, 0.3) is 0 Å². The van der Waals surface area contributed by atoms with E-state index < -0.39 is 11.4 Å². The molecule has 0 saturated carbocycles. The van der Waals surface area contributed by atoms with Gasteiger partial charge in [0.2, 0.25) is 0 Å². The second kappa shape index (κ2) is 4.94. The minimum absolute atomic E-state index is 0.0525. The van der Waals surface area contributed by atoms with Gasteiger partial charge in [0.05, 0.1) is 13.2 Å². The molecule has 1 amide bonds. The number of carbonyl (C=O) groups is 1. The largest absolute Gasteiger partial charge is 0.444 e. The zero-order valence-corrected chi connectivity index (χ0v) is 12.6. The fourth-order valence-electron chi connectivity index (χ4n) is 3.02. The summed E-state index contributed by atoms with van der Waals surface area (Å²) in [6, 6.07) is 0.105. The van der Waals surface area contributed by atoms with E-state index in [-0.39, 0.29) is 18.2 Å². The lowest BCUT2D eigenvalue weighted by Crippen LogP contribution is -2.57. The number of nitrogens with zero attached hydrogens (tertiary/aromatic N) is 1. The molecule has 5 heteroatoms. The Labute approximate surface area is 115 Å². The topological polar surface area (TPSA) is 48.0 Å². The van der Waals surface area contributed by atoms with Crippen LogP contribution in [0, 0.1) is 0 Å². The van der Waals surface area contributed by atoms with E-state index in [4.69, 9.17) is 14.2 Å². The molecule has 2 atom stereocenters. The maximum absolute atomic E-state index is 12.3. The average molecular weight is 271 g/mol. The van der Waals surface area contributed by atoms with E-state index in [9.17, 15) is 4.79 Å². The Balaban J connectivity index is 2.05. The smallest absolute Gasteiger partial charge is 0.410 e. The number of hydrogen-bond acceptors (Lipinski definition) is 4. The molecule has 2 rings (SSSR count). The lowest BCUT2D eigenvalue weighted by atomic mass is 9.92. The number of likely N-dealkylation sites (tertiary alicyclic amines) is 1. The van der Waals surface area contributed by atoms with Gasteiger partial charge < -0.3 is 19.1 Å². The first kappa shape index (κ1) is 14.6. The summed E-state index contributed by atoms with van der Waals surface area (Å²) >= 11 is 0. The summed E-state index contributed by atoms with van der Waals surface area (Å²) in [4.78, 5) is 14.1. The van der Waals surface area contributed by atoms with Crippen LogP contribution in [0.2, 0.25) is 0 Å². The number of hydrogen-bond donors (Lipinski definition) is 0. The van der Waals surface area contributed by atoms with Crippen molar-refractivity contribution in [3.63, 3.8) is 0 Å². The van der Waals surface area contributed by atoms with Gasteiger partial charge in [-0.1, -0.05) is 0 Å². The molecule has 0 aromatic heterocycles. The molecule has 0 unspecified atom stereocenters. The van der Waals surface area contributed by atoms with Crippen LogP contribution in [0.4, 0.5) is 4.79 Å². The number of carbonyl (C=O) groups excluding carboxylic acids is 1. The quantitative estimate of drug-likeness (QED) is 0.679. The number of amides is 1. The van der Waals surface area contributed by atoms with Crippen molar-refractivity contribution >= 4 is 6.09 Å². The van der Waals surface area contributed by atoms with Crippen LogP contribution in [0.1, 0.15) is 47.5 Å². The standard InChI is InChI=1S/C14H25NO4/c1-10-8-14(17-6-7-18-14)9-11(2)15(10)12(16)19-13(3,4)5/h10-11H,6-9H2,1-5H3/t10-,11-/m0/s1. The Morgan fingerprint density at radius 2 is 1.63 bits per heavy atom. The van der Waals surface area contributed by atoms with Crippen LogP contribution in [-0.4, -0.2) is 47.7 Å². The van der Waals surface area contributed by atoms with Crippen LogP contribution in [0.5, 0.6) is 0 Å². The van der Waals surface area contributed by atoms with E-state index in [2.05, 4.69) is 0 Å². The van der Waals surface area contributed by atoms with Crippen LogP contribution >= 0.6 is 0 Å². The zero-order valence-electron chi connectivity index (χ0n) is 12.6. The molecule has 0 N–H and O–H groups in total. The Hall–Kier alpha value is -0.810. The maximum Gasteiger partial charge on any atom is 0.410 e. The van der Waals surface area contributed by atoms with E-state index in [1.165, 1.54) is 0 Å². The van der Waals surface area contributed by atoms with Gasteiger partial charge in [0.15, 0.2) is 5.79 Å². The molecule has 19 heavy (non-hydrogen) atoms. The van der Waals surface area contributed by atoms with Gasteiger partial charge in [-0.2, -0.15) is 0 Å². The molecule has 2 fully saturated rings. The molecular formula is C14H25NO4. The maximum atomic E-state index is 12.3. The van der Waals surface area contributed by atoms with Gasteiger partial charge in [-0.15, -0.1) is 0 Å². The summed E-state index contributed by atoms with van der Waals surface area (Å²) in [6.07, 6.45) is 1.16. The molecule has 0 aliphatic carbocycles. The van der Waals surface area contributed by atoms with Gasteiger partial charge in [-0.3, -0.25) is 0 Å². The third kappa shape index (κ3) is 3.20. The average Bonchev–Trinajstić information content (AvgIpc) is 2.61. The van der Waals surface area contributed by atoms with Crippen molar-refractivity contribution in [2.24, 2.45) is 0 Å². The van der Waals surface area contributed by atoms with Gasteiger partial charge in [-0.05, 0) is 34.6 Å². The van der Waals surface area contributed by atoms with Crippen molar-refractivity contribution in [2.45, 2.75) is 70.9 Å². The van der Waals surface area contributed by atoms with Gasteiger partial charge in [0.1, 0.15) is 5.60 Å². The van der Waals surface area contributed by atoms with Gasteiger partial charge in [-0.25, -0.2) is 4.79 Å². The third-order valence-corrected chi connectivity index (χ3v) is 3.58. The Kier molecular flexibility index (Phi) is 3.80. The molecular weight excluding hydrogens is 246 g/mol. The Morgan fingerprint density at radius 1 is 1.16 bits per heavy atom. The van der Waals surface area contributed by atoms with Crippen molar-refractivity contribution in [1.82, 2.24) is 4.90 Å². The monoisotopic (exact) mass is 271 g/mol. The number of piperidine rings is 1. The van der Waals surface area contributed by atoms with Gasteiger partial charge >= 0.3 is 6.09 Å². The first-order chi connectivity index (χ1) is 8.72. The van der Waals surface area contributed by atoms with Crippen LogP contribution < -0.4 is 0 Å². The Morgan fingerprint density at radius 3 is 2.05 bits per heavy atom. The molecule has 1 spiro atoms. The highest BCUT2D eigenvalue weighted by molar-refractivity contribution is 5.69. The first-order valence-electron chi connectivity index (χ1n) is 7.02. The van der Waals surface area contributed by atoms with E-state index >= 15 is 0 Å². The summed E-state index contributed by atoms with van der Waals surface area (Å²) in [5, 5.41) is 0. The van der Waals surface area contributed by atoms with E-state index in [1.54, 1.807) is 0 Å². The normalized spacial score (nSPS) is 30.7. The van der Waals surface area contributed by atoms with Crippen LogP contribution in [0.15, 0.2) is 0 Å². The van der Waals surface area contributed by atoms with Crippen molar-refractivity contribution in [3.05, 3.63) is 0 Å². The highest BCUT2D eigenvalue weighted by atomic mass is 16.7. The lowest BCUT2D eigenvalue weighted by Gasteiger charge is -2.46. The molecule has 2 heterocycles. The molecule has 0 aromatic carbocycles. The SMILES string of the molecule is C[C@H]1CC2(C[C@H](C)N1C(=O)OC(C)(C)C)OCCO2. The number of rotatable bonds is 0. The lowest BCUT2D eigenvalue weighted by molar-refractivity contribution is -0.202. The summed E-state index contributed by atoms with van der Waals surface area (Å²) in [7, 11) is 0. The first-order valence-corrected chi connectivity index (χ1v) is 7.02. The molecule has 0 radical (unpaired) electrons. The minimum atomic E-state index is -0.489. The molecule has 2 saturated heterocycles. The molecule has 0 aromatic rings. The third-order valence-electron chi connectivity index (χ3n) is 3.58. The number of ether oxygens (including phenoxy) is 3. The van der Waals surface area contributed by atoms with E-state index in [0.29, 0.717) is 26.1 Å². The second-order valence-electron chi connectivity index (χ2n) is 6.60. The summed E-state index contributed by atoms with van der Waals surface area (Å²) in [5.74, 6) is -0.489. The van der Waals surface area contributed by atoms with Crippen LogP contribution in [0.3, 0.4) is 0 Å². The van der Waals surface area contributed by atoms with Crippen molar-refractivity contribution < 1.29 is 19.0 Å². The minimum Gasteiger partial charge on any atom is -0.444 e. The van der Waals surface area contributed by atoms with Gasteiger partial charge in [0, 0.05) is 24.9 Å². The van der Waals surface area contributed by atoms with Crippen molar-refractivity contribution in [3.8, 4) is 0 Å². The van der Waals surface area contributed by atoms with E-state index in [0.717, 1.165) is 0 Å². The second-order valence-corrected chi connectivity index (χ2v) is 6.60. The summed E-state index contributed by atoms with van der Waals surface area (Å²) in [5.41, 5.74) is -0.466. The predicted octanol–water partition coefficient (Wildman–Crippen LogP) is 2.54. The molecule has 2 aliphatic rings. The van der Waals surface area contributed by atoms with Crippen molar-refractivity contribution in [2.75, 3.05) is 13.2 Å². The van der Waals surface area contributed by atoms with E-state index in [1.807, 2.05) is 39.5 Å². The fourth-order valence-corrected chi connectivity index (χ4v) is 3.02. The highest BCUT2D eigenvalue weighted by Crippen LogP contribution is 2.38. The predicted molar refractivity (Wildman–Crippen MR) is 70.9 cm³/mol. The van der Waals surface area contributed by atoms with Crippen LogP contribution in [-0.2, 0) is 14.2 Å². The zero-order chi connectivity index (χ0) is 14.3. The summed E-state index contributed by atoms with van der Waals surface area (Å²) in [6.45, 7) is 11.0. The van der Waals surface area contributed by atoms with Crippen molar-refractivity contribution in [1.29, 1.82) is 0 Å². The molecule has 5 nitrogen and oxygen atoms in total. The van der Waals surface area contributed by atoms with Gasteiger partial charge in [0.25, 0.3) is 0 Å². The molecule has 2 aliphatic heterocycles.